The Balaban J connectivity index is 2.06. The molecule has 1 aliphatic heterocycles. The van der Waals surface area contributed by atoms with Crippen molar-refractivity contribution in [2.24, 2.45) is 5.84 Å². The summed E-state index contributed by atoms with van der Waals surface area (Å²) in [7, 11) is 0. The molecule has 0 unspecified atom stereocenters. The summed E-state index contributed by atoms with van der Waals surface area (Å²) in [5, 5.41) is 0. The molecule has 8 heteroatoms. The van der Waals surface area contributed by atoms with Crippen LogP contribution in [0.2, 0.25) is 0 Å². The zero-order valence-corrected chi connectivity index (χ0v) is 9.55. The third-order valence-corrected chi connectivity index (χ3v) is 2.04. The van der Waals surface area contributed by atoms with Gasteiger partial charge in [0.2, 0.25) is 5.95 Å². The molecule has 8 nitrogen and oxygen atoms in total. The van der Waals surface area contributed by atoms with E-state index in [1.54, 1.807) is 0 Å². The molecule has 0 atom stereocenters. The van der Waals surface area contributed by atoms with Gasteiger partial charge in [0.25, 0.3) is 0 Å². The summed E-state index contributed by atoms with van der Waals surface area (Å²) in [6.45, 7) is 3.61. The summed E-state index contributed by atoms with van der Waals surface area (Å²) in [5.74, 6) is 5.46. The molecule has 0 aliphatic carbocycles. The lowest BCUT2D eigenvalue weighted by Crippen LogP contribution is -2.39. The predicted octanol–water partition coefficient (Wildman–Crippen LogP) is -0.276. The van der Waals surface area contributed by atoms with Crippen molar-refractivity contribution in [3.63, 3.8) is 0 Å². The van der Waals surface area contributed by atoms with Crippen LogP contribution in [0.3, 0.4) is 0 Å². The van der Waals surface area contributed by atoms with Gasteiger partial charge in [-0.3, -0.25) is 5.43 Å². The van der Waals surface area contributed by atoms with Gasteiger partial charge in [-0.25, -0.2) is 5.84 Å². The van der Waals surface area contributed by atoms with E-state index in [9.17, 15) is 0 Å². The molecule has 0 radical (unpaired) electrons. The summed E-state index contributed by atoms with van der Waals surface area (Å²) in [6.07, 6.45) is 0.853. The van der Waals surface area contributed by atoms with Crippen molar-refractivity contribution in [1.29, 1.82) is 0 Å². The van der Waals surface area contributed by atoms with Gasteiger partial charge in [-0.15, -0.1) is 4.98 Å². The van der Waals surface area contributed by atoms with Crippen LogP contribution in [-0.2, 0) is 4.74 Å². The molecule has 2 rings (SSSR count). The van der Waals surface area contributed by atoms with Crippen molar-refractivity contribution < 1.29 is 14.2 Å². The maximum Gasteiger partial charge on any atom is 0.324 e. The first-order valence-electron chi connectivity index (χ1n) is 5.41. The van der Waals surface area contributed by atoms with Crippen LogP contribution in [-0.4, -0.2) is 40.9 Å². The molecule has 1 aromatic rings. The Kier molecular flexibility index (Phi) is 3.89. The molecule has 0 saturated carbocycles. The Morgan fingerprint density at radius 3 is 2.71 bits per heavy atom. The summed E-state index contributed by atoms with van der Waals surface area (Å²) < 4.78 is 15.7. The van der Waals surface area contributed by atoms with E-state index in [-0.39, 0.29) is 24.1 Å². The smallest absolute Gasteiger partial charge is 0.324 e. The number of ether oxygens (including phenoxy) is 3. The standard InChI is InChI=1S/C9H15N5O3/c1-2-3-16-8-11-7(14-10)12-9(13-8)17-6-4-15-5-6/h6H,2-5,10H2,1H3,(H,11,12,13,14). The first kappa shape index (κ1) is 11.8. The van der Waals surface area contributed by atoms with Crippen LogP contribution in [0.4, 0.5) is 5.95 Å². The number of hydrazine groups is 1. The van der Waals surface area contributed by atoms with Crippen LogP contribution in [0.1, 0.15) is 13.3 Å². The minimum Gasteiger partial charge on any atom is -0.463 e. The van der Waals surface area contributed by atoms with Crippen molar-refractivity contribution in [2.75, 3.05) is 25.2 Å². The average Bonchev–Trinajstić information content (AvgIpc) is 2.31. The molecular weight excluding hydrogens is 226 g/mol. The normalized spacial score (nSPS) is 15.2. The number of hydrogen-bond donors (Lipinski definition) is 2. The molecule has 1 aromatic heterocycles. The number of aromatic nitrogens is 3. The summed E-state index contributed by atoms with van der Waals surface area (Å²) in [5.41, 5.74) is 2.34. The fraction of sp³-hybridized carbons (Fsp3) is 0.667. The molecule has 2 heterocycles. The quantitative estimate of drug-likeness (QED) is 0.517. The number of nitrogens with two attached hydrogens (primary N) is 1. The topological polar surface area (TPSA) is 104 Å². The number of nitrogens with one attached hydrogen (secondary N) is 1. The maximum atomic E-state index is 5.45. The van der Waals surface area contributed by atoms with Crippen LogP contribution >= 0.6 is 0 Å². The molecule has 1 fully saturated rings. The van der Waals surface area contributed by atoms with Crippen LogP contribution in [0, 0.1) is 0 Å². The highest BCUT2D eigenvalue weighted by Gasteiger charge is 2.22. The van der Waals surface area contributed by atoms with Crippen LogP contribution in [0.25, 0.3) is 0 Å². The fourth-order valence-corrected chi connectivity index (χ4v) is 1.14. The maximum absolute atomic E-state index is 5.45. The summed E-state index contributed by atoms with van der Waals surface area (Å²) in [4.78, 5) is 11.9. The van der Waals surface area contributed by atoms with E-state index >= 15 is 0 Å². The molecular formula is C9H15N5O3. The molecule has 0 bridgehead atoms. The van der Waals surface area contributed by atoms with E-state index in [1.807, 2.05) is 6.92 Å². The van der Waals surface area contributed by atoms with Crippen LogP contribution < -0.4 is 20.7 Å². The van der Waals surface area contributed by atoms with Crippen molar-refractivity contribution in [2.45, 2.75) is 19.4 Å². The lowest BCUT2D eigenvalue weighted by Gasteiger charge is -2.25. The van der Waals surface area contributed by atoms with E-state index in [0.717, 1.165) is 6.42 Å². The highest BCUT2D eigenvalue weighted by Crippen LogP contribution is 2.16. The lowest BCUT2D eigenvalue weighted by atomic mass is 10.3. The van der Waals surface area contributed by atoms with Gasteiger partial charge in [0.1, 0.15) is 6.10 Å². The Morgan fingerprint density at radius 1 is 1.35 bits per heavy atom. The monoisotopic (exact) mass is 241 g/mol. The van der Waals surface area contributed by atoms with Crippen molar-refractivity contribution >= 4 is 5.95 Å². The van der Waals surface area contributed by atoms with Gasteiger partial charge in [0.15, 0.2) is 0 Å². The first-order valence-corrected chi connectivity index (χ1v) is 5.41. The molecule has 3 N–H and O–H groups in total. The van der Waals surface area contributed by atoms with E-state index in [4.69, 9.17) is 20.1 Å². The van der Waals surface area contributed by atoms with Crippen LogP contribution in [0.5, 0.6) is 12.0 Å². The molecule has 0 spiro atoms. The molecule has 1 aliphatic rings. The number of hydrogen-bond acceptors (Lipinski definition) is 8. The van der Waals surface area contributed by atoms with Gasteiger partial charge < -0.3 is 14.2 Å². The average molecular weight is 241 g/mol. The Hall–Kier alpha value is -1.67. The fourth-order valence-electron chi connectivity index (χ4n) is 1.14. The minimum atomic E-state index is -0.0120. The molecule has 17 heavy (non-hydrogen) atoms. The van der Waals surface area contributed by atoms with Gasteiger partial charge in [-0.1, -0.05) is 6.92 Å². The van der Waals surface area contributed by atoms with Crippen molar-refractivity contribution in [3.05, 3.63) is 0 Å². The number of nitrogens with zero attached hydrogens (tertiary/aromatic N) is 3. The van der Waals surface area contributed by atoms with Gasteiger partial charge in [0.05, 0.1) is 19.8 Å². The SMILES string of the molecule is CCCOc1nc(NN)nc(OC2COC2)n1. The van der Waals surface area contributed by atoms with Gasteiger partial charge in [0, 0.05) is 0 Å². The number of nitrogen functional groups attached to an aromatic ring is 1. The highest BCUT2D eigenvalue weighted by molar-refractivity contribution is 5.25. The highest BCUT2D eigenvalue weighted by atomic mass is 16.6. The number of anilines is 1. The third-order valence-electron chi connectivity index (χ3n) is 2.04. The summed E-state index contributed by atoms with van der Waals surface area (Å²) >= 11 is 0. The first-order chi connectivity index (χ1) is 8.31. The second kappa shape index (κ2) is 5.60. The zero-order valence-electron chi connectivity index (χ0n) is 9.55. The zero-order chi connectivity index (χ0) is 12.1. The summed E-state index contributed by atoms with van der Waals surface area (Å²) in [6, 6.07) is 0.386. The predicted molar refractivity (Wildman–Crippen MR) is 58.7 cm³/mol. The van der Waals surface area contributed by atoms with E-state index in [0.29, 0.717) is 19.8 Å². The van der Waals surface area contributed by atoms with Crippen molar-refractivity contribution in [3.8, 4) is 12.0 Å². The third kappa shape index (κ3) is 3.14. The Labute approximate surface area is 98.5 Å². The Morgan fingerprint density at radius 2 is 2.12 bits per heavy atom. The molecule has 0 amide bonds. The lowest BCUT2D eigenvalue weighted by molar-refractivity contribution is -0.0833. The van der Waals surface area contributed by atoms with Gasteiger partial charge >= 0.3 is 12.0 Å². The van der Waals surface area contributed by atoms with Crippen molar-refractivity contribution in [1.82, 2.24) is 15.0 Å². The van der Waals surface area contributed by atoms with E-state index in [2.05, 4.69) is 20.4 Å². The van der Waals surface area contributed by atoms with Gasteiger partial charge in [-0.05, 0) is 6.42 Å². The molecule has 0 aromatic carbocycles. The Bertz CT molecular complexity index is 372. The number of rotatable bonds is 6. The van der Waals surface area contributed by atoms with E-state index < -0.39 is 0 Å². The second-order valence-electron chi connectivity index (χ2n) is 3.49. The second-order valence-corrected chi connectivity index (χ2v) is 3.49. The largest absolute Gasteiger partial charge is 0.463 e. The van der Waals surface area contributed by atoms with Gasteiger partial charge in [-0.2, -0.15) is 9.97 Å². The van der Waals surface area contributed by atoms with E-state index in [1.165, 1.54) is 0 Å². The molecule has 1 saturated heterocycles. The van der Waals surface area contributed by atoms with Crippen LogP contribution in [0.15, 0.2) is 0 Å². The molecule has 94 valence electrons. The minimum absolute atomic E-state index is 0.0120.